The standard InChI is InChI=1S/C5H8N2O3/c1-4-3-6-10-7(4,9)5(2)8/h3-4H,1-2H3. The fourth-order valence-electron chi connectivity index (χ4n) is 0.692. The van der Waals surface area contributed by atoms with E-state index in [1.807, 2.05) is 0 Å². The summed E-state index contributed by atoms with van der Waals surface area (Å²) < 4.78 is 0. The normalized spacial score (nSPS) is 37.7. The zero-order chi connectivity index (χ0) is 7.78. The Labute approximate surface area is 58.0 Å². The van der Waals surface area contributed by atoms with E-state index in [0.717, 1.165) is 0 Å². The fourth-order valence-corrected chi connectivity index (χ4v) is 0.692. The number of amides is 1. The lowest BCUT2D eigenvalue weighted by Crippen LogP contribution is -2.48. The molecule has 0 bridgehead atoms. The van der Waals surface area contributed by atoms with Crippen molar-refractivity contribution in [1.29, 1.82) is 0 Å². The lowest BCUT2D eigenvalue weighted by molar-refractivity contribution is -1.01. The van der Waals surface area contributed by atoms with E-state index in [9.17, 15) is 10.0 Å². The minimum Gasteiger partial charge on any atom is -0.579 e. The summed E-state index contributed by atoms with van der Waals surface area (Å²) in [5.41, 5.74) is 0. The molecule has 0 fully saturated rings. The minimum absolute atomic E-state index is 0.530. The van der Waals surface area contributed by atoms with Gasteiger partial charge in [0.25, 0.3) is 0 Å². The van der Waals surface area contributed by atoms with Crippen LogP contribution in [0.4, 0.5) is 0 Å². The van der Waals surface area contributed by atoms with Crippen molar-refractivity contribution in [3.05, 3.63) is 5.21 Å². The quantitative estimate of drug-likeness (QED) is 0.359. The van der Waals surface area contributed by atoms with E-state index in [0.29, 0.717) is 0 Å². The SMILES string of the molecule is CC(=O)[N+]1([O-])ON=CC1C. The third kappa shape index (κ3) is 0.795. The highest BCUT2D eigenvalue weighted by Crippen LogP contribution is 2.17. The molecule has 1 aliphatic rings. The van der Waals surface area contributed by atoms with E-state index in [1.54, 1.807) is 6.92 Å². The Morgan fingerprint density at radius 2 is 2.50 bits per heavy atom. The Balaban J connectivity index is 2.80. The van der Waals surface area contributed by atoms with Gasteiger partial charge in [0.1, 0.15) is 6.21 Å². The van der Waals surface area contributed by atoms with Crippen LogP contribution in [-0.4, -0.2) is 23.0 Å². The van der Waals surface area contributed by atoms with Gasteiger partial charge in [-0.2, -0.15) is 4.94 Å². The van der Waals surface area contributed by atoms with Crippen LogP contribution in [0.2, 0.25) is 0 Å². The van der Waals surface area contributed by atoms with E-state index < -0.39 is 16.8 Å². The highest BCUT2D eigenvalue weighted by Gasteiger charge is 2.37. The Morgan fingerprint density at radius 3 is 2.70 bits per heavy atom. The molecule has 0 N–H and O–H groups in total. The molecule has 0 saturated carbocycles. The first kappa shape index (κ1) is 7.17. The second kappa shape index (κ2) is 2.03. The summed E-state index contributed by atoms with van der Waals surface area (Å²) in [5.74, 6) is -0.593. The number of quaternary nitrogens is 1. The van der Waals surface area contributed by atoms with Crippen molar-refractivity contribution in [1.82, 2.24) is 0 Å². The molecule has 0 spiro atoms. The molecule has 2 atom stereocenters. The zero-order valence-electron chi connectivity index (χ0n) is 5.77. The fraction of sp³-hybridized carbons (Fsp3) is 0.600. The van der Waals surface area contributed by atoms with Gasteiger partial charge in [-0.15, -0.1) is 0 Å². The molecule has 0 saturated heterocycles. The molecule has 1 rings (SSSR count). The van der Waals surface area contributed by atoms with Gasteiger partial charge in [-0.1, -0.05) is 4.81 Å². The zero-order valence-corrected chi connectivity index (χ0v) is 5.77. The van der Waals surface area contributed by atoms with Gasteiger partial charge in [-0.25, -0.2) is 4.79 Å². The molecule has 0 aliphatic carbocycles. The molecule has 0 radical (unpaired) electrons. The van der Waals surface area contributed by atoms with Crippen molar-refractivity contribution in [2.45, 2.75) is 19.9 Å². The Morgan fingerprint density at radius 1 is 1.90 bits per heavy atom. The molecule has 0 aromatic carbocycles. The average Bonchev–Trinajstić information content (AvgIpc) is 2.15. The van der Waals surface area contributed by atoms with Crippen molar-refractivity contribution < 1.29 is 14.5 Å². The number of carbonyl (C=O) groups is 1. The van der Waals surface area contributed by atoms with Crippen molar-refractivity contribution in [2.75, 3.05) is 0 Å². The van der Waals surface area contributed by atoms with Crippen LogP contribution in [0.1, 0.15) is 13.8 Å². The molecular formula is C5H8N2O3. The third-order valence-electron chi connectivity index (χ3n) is 1.42. The van der Waals surface area contributed by atoms with Gasteiger partial charge in [0, 0.05) is 0 Å². The van der Waals surface area contributed by atoms with Crippen LogP contribution in [0, 0.1) is 5.21 Å². The maximum atomic E-state index is 11.2. The maximum Gasteiger partial charge on any atom is 0.354 e. The predicted octanol–water partition coefficient (Wildman–Crippen LogP) is 0.167. The monoisotopic (exact) mass is 144 g/mol. The summed E-state index contributed by atoms with van der Waals surface area (Å²) in [6.07, 6.45) is 1.31. The smallest absolute Gasteiger partial charge is 0.354 e. The first-order valence-corrected chi connectivity index (χ1v) is 2.90. The molecule has 5 nitrogen and oxygen atoms in total. The molecule has 0 aromatic rings. The second-order valence-electron chi connectivity index (χ2n) is 2.19. The first-order valence-electron chi connectivity index (χ1n) is 2.90. The van der Waals surface area contributed by atoms with Crippen molar-refractivity contribution in [3.63, 3.8) is 0 Å². The Kier molecular flexibility index (Phi) is 1.46. The summed E-state index contributed by atoms with van der Waals surface area (Å²) in [5, 5.41) is 14.4. The molecule has 2 unspecified atom stereocenters. The van der Waals surface area contributed by atoms with E-state index >= 15 is 0 Å². The summed E-state index contributed by atoms with van der Waals surface area (Å²) in [6, 6.07) is -0.530. The van der Waals surface area contributed by atoms with Crippen LogP contribution in [0.25, 0.3) is 0 Å². The topological polar surface area (TPSA) is 61.7 Å². The van der Waals surface area contributed by atoms with Gasteiger partial charge in [0.2, 0.25) is 0 Å². The number of hydrogen-bond donors (Lipinski definition) is 0. The lowest BCUT2D eigenvalue weighted by Gasteiger charge is -2.30. The van der Waals surface area contributed by atoms with Crippen molar-refractivity contribution in [3.8, 4) is 0 Å². The summed E-state index contributed by atoms with van der Waals surface area (Å²) >= 11 is 0. The molecule has 0 aromatic heterocycles. The van der Waals surface area contributed by atoms with Crippen LogP contribution in [0.15, 0.2) is 5.16 Å². The lowest BCUT2D eigenvalue weighted by atomic mass is 10.3. The largest absolute Gasteiger partial charge is 0.579 e. The molecule has 1 aliphatic heterocycles. The number of rotatable bonds is 0. The van der Waals surface area contributed by atoms with Gasteiger partial charge in [-0.3, -0.25) is 0 Å². The van der Waals surface area contributed by atoms with Crippen LogP contribution in [0.3, 0.4) is 0 Å². The predicted molar refractivity (Wildman–Crippen MR) is 33.3 cm³/mol. The van der Waals surface area contributed by atoms with Gasteiger partial charge in [0.05, 0.1) is 6.92 Å². The van der Waals surface area contributed by atoms with Gasteiger partial charge < -0.3 is 5.21 Å². The number of carbonyl (C=O) groups excluding carboxylic acids is 1. The number of nitrogens with zero attached hydrogens (tertiary/aromatic N) is 2. The molecule has 56 valence electrons. The van der Waals surface area contributed by atoms with Crippen LogP contribution >= 0.6 is 0 Å². The number of oxime groups is 1. The Hall–Kier alpha value is -0.940. The van der Waals surface area contributed by atoms with Gasteiger partial charge in [0.15, 0.2) is 6.04 Å². The van der Waals surface area contributed by atoms with Crippen molar-refractivity contribution in [2.24, 2.45) is 5.16 Å². The van der Waals surface area contributed by atoms with E-state index in [2.05, 4.69) is 10.1 Å². The molecule has 5 heteroatoms. The molecule has 1 heterocycles. The van der Waals surface area contributed by atoms with E-state index in [1.165, 1.54) is 13.1 Å². The van der Waals surface area contributed by atoms with Crippen LogP contribution in [0.5, 0.6) is 0 Å². The van der Waals surface area contributed by atoms with Gasteiger partial charge >= 0.3 is 5.91 Å². The highest BCUT2D eigenvalue weighted by atomic mass is 17.0. The molecule has 1 amide bonds. The first-order chi connectivity index (χ1) is 4.57. The minimum atomic E-state index is -1.32. The van der Waals surface area contributed by atoms with Crippen LogP contribution in [-0.2, 0) is 9.73 Å². The summed E-state index contributed by atoms with van der Waals surface area (Å²) in [6.45, 7) is 2.75. The molecule has 10 heavy (non-hydrogen) atoms. The van der Waals surface area contributed by atoms with Crippen molar-refractivity contribution >= 4 is 12.1 Å². The van der Waals surface area contributed by atoms with Crippen LogP contribution < -0.4 is 0 Å². The van der Waals surface area contributed by atoms with E-state index in [-0.39, 0.29) is 0 Å². The third-order valence-corrected chi connectivity index (χ3v) is 1.42. The summed E-state index contributed by atoms with van der Waals surface area (Å²) in [7, 11) is 0. The van der Waals surface area contributed by atoms with E-state index in [4.69, 9.17) is 0 Å². The van der Waals surface area contributed by atoms with Gasteiger partial charge in [-0.05, 0) is 12.1 Å². The summed E-state index contributed by atoms with van der Waals surface area (Å²) in [4.78, 5) is 13.6. The maximum absolute atomic E-state index is 11.2. The second-order valence-corrected chi connectivity index (χ2v) is 2.19. The Bertz CT molecular complexity index is 191. The highest BCUT2D eigenvalue weighted by molar-refractivity contribution is 5.71. The molecular weight excluding hydrogens is 136 g/mol. The number of hydroxylamine groups is 4. The average molecular weight is 144 g/mol. The number of hydrogen-bond acceptors (Lipinski definition) is 4.